The van der Waals surface area contributed by atoms with E-state index >= 15 is 0 Å². The van der Waals surface area contributed by atoms with Gasteiger partial charge in [0, 0.05) is 11.9 Å². The summed E-state index contributed by atoms with van der Waals surface area (Å²) in [6, 6.07) is 11.5. The second-order valence-electron chi connectivity index (χ2n) is 6.49. The topological polar surface area (TPSA) is 96.7 Å². The zero-order valence-corrected chi connectivity index (χ0v) is 17.0. The molecule has 0 N–H and O–H groups in total. The first-order chi connectivity index (χ1) is 14.5. The van der Waals surface area contributed by atoms with Gasteiger partial charge in [-0.05, 0) is 30.7 Å². The molecular weight excluding hydrogens is 388 g/mol. The van der Waals surface area contributed by atoms with Gasteiger partial charge in [0.15, 0.2) is 12.3 Å². The lowest BCUT2D eigenvalue weighted by atomic mass is 10.1. The Morgan fingerprint density at radius 2 is 1.77 bits per heavy atom. The van der Waals surface area contributed by atoms with Crippen LogP contribution >= 0.6 is 0 Å². The molecule has 0 unspecified atom stereocenters. The maximum absolute atomic E-state index is 12.7. The van der Waals surface area contributed by atoms with Crippen LogP contribution in [0.25, 0.3) is 10.8 Å². The molecule has 8 heteroatoms. The largest absolute Gasteiger partial charge is 0.497 e. The molecule has 0 aliphatic heterocycles. The fourth-order valence-electron chi connectivity index (χ4n) is 3.06. The van der Waals surface area contributed by atoms with Crippen LogP contribution in [0.3, 0.4) is 0 Å². The summed E-state index contributed by atoms with van der Waals surface area (Å²) in [6.45, 7) is 1.76. The number of carbonyl (C=O) groups is 2. The Morgan fingerprint density at radius 3 is 2.43 bits per heavy atom. The first kappa shape index (κ1) is 21.0. The lowest BCUT2D eigenvalue weighted by Crippen LogP contribution is -2.27. The Labute approximate surface area is 173 Å². The van der Waals surface area contributed by atoms with Crippen LogP contribution in [0.4, 0.5) is 0 Å². The maximum atomic E-state index is 12.7. The number of benzene rings is 2. The Balaban J connectivity index is 1.88. The highest BCUT2D eigenvalue weighted by molar-refractivity contribution is 6.04. The number of hydrogen-bond acceptors (Lipinski definition) is 7. The second-order valence-corrected chi connectivity index (χ2v) is 6.49. The quantitative estimate of drug-likeness (QED) is 0.416. The molecule has 0 radical (unpaired) electrons. The molecule has 30 heavy (non-hydrogen) atoms. The number of aryl methyl sites for hydroxylation is 1. The van der Waals surface area contributed by atoms with Gasteiger partial charge < -0.3 is 14.2 Å². The van der Waals surface area contributed by atoms with E-state index in [1.54, 1.807) is 36.4 Å². The number of ether oxygens (including phenoxy) is 3. The van der Waals surface area contributed by atoms with Crippen LogP contribution in [0.1, 0.15) is 34.2 Å². The summed E-state index contributed by atoms with van der Waals surface area (Å²) in [4.78, 5) is 37.9. The number of rotatable bonds is 8. The van der Waals surface area contributed by atoms with Crippen molar-refractivity contribution < 1.29 is 23.8 Å². The van der Waals surface area contributed by atoms with Crippen LogP contribution in [-0.4, -0.2) is 42.4 Å². The number of carbonyl (C=O) groups excluding carboxylic acids is 2. The average Bonchev–Trinajstić information content (AvgIpc) is 2.78. The van der Waals surface area contributed by atoms with Crippen molar-refractivity contribution >= 4 is 22.5 Å². The first-order valence-electron chi connectivity index (χ1n) is 9.42. The van der Waals surface area contributed by atoms with Gasteiger partial charge in [0.1, 0.15) is 11.5 Å². The highest BCUT2D eigenvalue weighted by atomic mass is 16.5. The predicted octanol–water partition coefficient (Wildman–Crippen LogP) is 2.86. The standard InChI is InChI=1S/C22H22N2O6/c1-4-11-24-21(26)16-8-6-5-7-15(16)20(23-24)22(27)30-13-18(25)17-12-14(28-2)9-10-19(17)29-3/h5-10,12H,4,11,13H2,1-3H3. The van der Waals surface area contributed by atoms with E-state index in [-0.39, 0.29) is 16.8 Å². The molecule has 0 fully saturated rings. The first-order valence-corrected chi connectivity index (χ1v) is 9.42. The van der Waals surface area contributed by atoms with E-state index in [2.05, 4.69) is 5.10 Å². The lowest BCUT2D eigenvalue weighted by molar-refractivity contribution is 0.0467. The number of ketones is 1. The minimum absolute atomic E-state index is 0.0101. The molecular formula is C22H22N2O6. The predicted molar refractivity (Wildman–Crippen MR) is 110 cm³/mol. The number of hydrogen-bond donors (Lipinski definition) is 0. The summed E-state index contributed by atoms with van der Waals surface area (Å²) in [7, 11) is 2.93. The molecule has 0 atom stereocenters. The van der Waals surface area contributed by atoms with Gasteiger partial charge in [-0.25, -0.2) is 9.48 Å². The molecule has 0 aliphatic carbocycles. The summed E-state index contributed by atoms with van der Waals surface area (Å²) in [5, 5.41) is 4.93. The minimum atomic E-state index is -0.786. The van der Waals surface area contributed by atoms with E-state index in [0.717, 1.165) is 0 Å². The van der Waals surface area contributed by atoms with E-state index in [0.29, 0.717) is 35.2 Å². The van der Waals surface area contributed by atoms with Crippen molar-refractivity contribution in [2.45, 2.75) is 19.9 Å². The Morgan fingerprint density at radius 1 is 1.03 bits per heavy atom. The van der Waals surface area contributed by atoms with Crippen LogP contribution in [0, 0.1) is 0 Å². The zero-order chi connectivity index (χ0) is 21.7. The molecule has 8 nitrogen and oxygen atoms in total. The fourth-order valence-corrected chi connectivity index (χ4v) is 3.06. The van der Waals surface area contributed by atoms with Gasteiger partial charge in [-0.2, -0.15) is 5.10 Å². The molecule has 1 heterocycles. The molecule has 0 spiro atoms. The van der Waals surface area contributed by atoms with Gasteiger partial charge in [-0.15, -0.1) is 0 Å². The van der Waals surface area contributed by atoms with Crippen LogP contribution in [-0.2, 0) is 11.3 Å². The third-order valence-corrected chi connectivity index (χ3v) is 4.54. The van der Waals surface area contributed by atoms with Crippen molar-refractivity contribution in [2.75, 3.05) is 20.8 Å². The van der Waals surface area contributed by atoms with Gasteiger partial charge in [-0.3, -0.25) is 9.59 Å². The second kappa shape index (κ2) is 9.21. The highest BCUT2D eigenvalue weighted by Crippen LogP contribution is 2.24. The monoisotopic (exact) mass is 410 g/mol. The van der Waals surface area contributed by atoms with Crippen molar-refractivity contribution in [1.29, 1.82) is 0 Å². The third kappa shape index (κ3) is 4.17. The van der Waals surface area contributed by atoms with Gasteiger partial charge in [0.05, 0.1) is 25.2 Å². The molecule has 156 valence electrons. The minimum Gasteiger partial charge on any atom is -0.497 e. The molecule has 0 saturated heterocycles. The normalized spacial score (nSPS) is 10.6. The SMILES string of the molecule is CCCn1nc(C(=O)OCC(=O)c2cc(OC)ccc2OC)c2ccccc2c1=O. The van der Waals surface area contributed by atoms with Crippen LogP contribution < -0.4 is 15.0 Å². The Kier molecular flexibility index (Phi) is 6.46. The highest BCUT2D eigenvalue weighted by Gasteiger charge is 2.21. The van der Waals surface area contributed by atoms with Gasteiger partial charge in [0.25, 0.3) is 5.56 Å². The van der Waals surface area contributed by atoms with Crippen molar-refractivity contribution in [3.63, 3.8) is 0 Å². The number of esters is 1. The molecule has 3 rings (SSSR count). The molecule has 0 bridgehead atoms. The third-order valence-electron chi connectivity index (χ3n) is 4.54. The fraction of sp³-hybridized carbons (Fsp3) is 0.273. The zero-order valence-electron chi connectivity index (χ0n) is 17.0. The van der Waals surface area contributed by atoms with Crippen LogP contribution in [0.5, 0.6) is 11.5 Å². The van der Waals surface area contributed by atoms with Gasteiger partial charge in [0.2, 0.25) is 5.78 Å². The van der Waals surface area contributed by atoms with E-state index in [1.165, 1.54) is 25.0 Å². The number of methoxy groups -OCH3 is 2. The lowest BCUT2D eigenvalue weighted by Gasteiger charge is -2.11. The van der Waals surface area contributed by atoms with Crippen LogP contribution in [0.15, 0.2) is 47.3 Å². The van der Waals surface area contributed by atoms with E-state index in [4.69, 9.17) is 14.2 Å². The van der Waals surface area contributed by atoms with Gasteiger partial charge >= 0.3 is 5.97 Å². The van der Waals surface area contributed by atoms with E-state index in [9.17, 15) is 14.4 Å². The smallest absolute Gasteiger partial charge is 0.359 e. The number of Topliss-reactive ketones (excluding diaryl/α,β-unsaturated/α-hetero) is 1. The molecule has 0 aliphatic rings. The number of aromatic nitrogens is 2. The van der Waals surface area contributed by atoms with E-state index in [1.807, 2.05) is 6.92 Å². The number of nitrogens with zero attached hydrogens (tertiary/aromatic N) is 2. The Hall–Kier alpha value is -3.68. The summed E-state index contributed by atoms with van der Waals surface area (Å²) in [5.74, 6) is -0.418. The molecule has 0 amide bonds. The maximum Gasteiger partial charge on any atom is 0.359 e. The van der Waals surface area contributed by atoms with Gasteiger partial charge in [-0.1, -0.05) is 25.1 Å². The average molecular weight is 410 g/mol. The summed E-state index contributed by atoms with van der Waals surface area (Å²) in [6.07, 6.45) is 0.674. The summed E-state index contributed by atoms with van der Waals surface area (Å²) in [5.41, 5.74) is -0.0522. The molecule has 2 aromatic carbocycles. The molecule has 3 aromatic rings. The van der Waals surface area contributed by atoms with Crippen molar-refractivity contribution in [3.8, 4) is 11.5 Å². The summed E-state index contributed by atoms with van der Waals surface area (Å²) >= 11 is 0. The molecule has 0 saturated carbocycles. The summed E-state index contributed by atoms with van der Waals surface area (Å²) < 4.78 is 16.8. The van der Waals surface area contributed by atoms with Crippen LogP contribution in [0.2, 0.25) is 0 Å². The Bertz CT molecular complexity index is 1150. The number of fused-ring (bicyclic) bond motifs is 1. The van der Waals surface area contributed by atoms with Crippen molar-refractivity contribution in [3.05, 3.63) is 64.1 Å². The molecule has 1 aromatic heterocycles. The van der Waals surface area contributed by atoms with E-state index < -0.39 is 18.4 Å². The van der Waals surface area contributed by atoms with Crippen molar-refractivity contribution in [1.82, 2.24) is 9.78 Å². The van der Waals surface area contributed by atoms with Crippen molar-refractivity contribution in [2.24, 2.45) is 0 Å².